The highest BCUT2D eigenvalue weighted by atomic mass is 19.1. The van der Waals surface area contributed by atoms with Gasteiger partial charge in [-0.15, -0.1) is 0 Å². The number of nitrogens with zero attached hydrogens (tertiary/aromatic N) is 2. The summed E-state index contributed by atoms with van der Waals surface area (Å²) in [4.78, 5) is 5.04. The number of piperidine rings is 1. The number of benzene rings is 1. The van der Waals surface area contributed by atoms with Gasteiger partial charge in [0.25, 0.3) is 0 Å². The molecule has 0 aliphatic carbocycles. The van der Waals surface area contributed by atoms with Crippen LogP contribution in [0.1, 0.15) is 77.8 Å². The van der Waals surface area contributed by atoms with Crippen LogP contribution in [0, 0.1) is 12.7 Å². The summed E-state index contributed by atoms with van der Waals surface area (Å²) in [5.41, 5.74) is 3.75. The zero-order chi connectivity index (χ0) is 28.1. The van der Waals surface area contributed by atoms with Crippen molar-refractivity contribution in [2.45, 2.75) is 98.3 Å². The van der Waals surface area contributed by atoms with Gasteiger partial charge in [0, 0.05) is 43.5 Å². The molecule has 2 heterocycles. The lowest BCUT2D eigenvalue weighted by atomic mass is 9.97. The Bertz CT molecular complexity index is 920. The first-order valence-electron chi connectivity index (χ1n) is 14.8. The van der Waals surface area contributed by atoms with Gasteiger partial charge >= 0.3 is 0 Å². The summed E-state index contributed by atoms with van der Waals surface area (Å²) in [6.45, 7) is 22.0. The molecule has 2 saturated heterocycles. The van der Waals surface area contributed by atoms with Crippen molar-refractivity contribution in [2.24, 2.45) is 0 Å². The molecular weight excluding hydrogens is 475 g/mol. The van der Waals surface area contributed by atoms with Crippen LogP contribution < -0.4 is 10.6 Å². The van der Waals surface area contributed by atoms with Gasteiger partial charge in [0.15, 0.2) is 0 Å². The van der Waals surface area contributed by atoms with Gasteiger partial charge in [-0.25, -0.2) is 4.39 Å². The van der Waals surface area contributed by atoms with Crippen LogP contribution >= 0.6 is 0 Å². The Morgan fingerprint density at radius 3 is 2.53 bits per heavy atom. The molecule has 5 nitrogen and oxygen atoms in total. The molecule has 2 fully saturated rings. The van der Waals surface area contributed by atoms with Crippen molar-refractivity contribution in [3.05, 3.63) is 70.9 Å². The highest BCUT2D eigenvalue weighted by Gasteiger charge is 2.30. The monoisotopic (exact) mass is 528 g/mol. The lowest BCUT2D eigenvalue weighted by molar-refractivity contribution is 0.0662. The number of aryl methyl sites for hydroxylation is 1. The third kappa shape index (κ3) is 9.55. The van der Waals surface area contributed by atoms with Crippen molar-refractivity contribution in [1.82, 2.24) is 20.4 Å². The zero-order valence-corrected chi connectivity index (χ0v) is 24.8. The summed E-state index contributed by atoms with van der Waals surface area (Å²) < 4.78 is 14.3. The second-order valence-corrected chi connectivity index (χ2v) is 10.5. The van der Waals surface area contributed by atoms with E-state index < -0.39 is 0 Å². The SMILES string of the molecule is C=C(CC)C(=C/NCC)/C=C(/O)C1CCCN(C2CCN(Cc3ccc(C)cc3F)CC2)C(C)CN1.CC. The fourth-order valence-electron chi connectivity index (χ4n) is 5.38. The third-order valence-electron chi connectivity index (χ3n) is 7.72. The van der Waals surface area contributed by atoms with Gasteiger partial charge in [0.1, 0.15) is 11.6 Å². The van der Waals surface area contributed by atoms with E-state index in [0.717, 1.165) is 87.1 Å². The molecule has 214 valence electrons. The average molecular weight is 529 g/mol. The van der Waals surface area contributed by atoms with Gasteiger partial charge in [0.2, 0.25) is 0 Å². The Morgan fingerprint density at radius 2 is 1.89 bits per heavy atom. The molecule has 3 N–H and O–H groups in total. The molecule has 3 rings (SSSR count). The molecule has 2 atom stereocenters. The Morgan fingerprint density at radius 1 is 1.18 bits per heavy atom. The number of allylic oxidation sites excluding steroid dienone is 3. The first kappa shape index (κ1) is 32.1. The van der Waals surface area contributed by atoms with Gasteiger partial charge in [-0.3, -0.25) is 9.80 Å². The lowest BCUT2D eigenvalue weighted by Crippen LogP contribution is -2.53. The average Bonchev–Trinajstić information content (AvgIpc) is 2.92. The fraction of sp³-hybridized carbons (Fsp3) is 0.625. The Balaban J connectivity index is 0.00000247. The third-order valence-corrected chi connectivity index (χ3v) is 7.72. The predicted octanol–water partition coefficient (Wildman–Crippen LogP) is 6.47. The van der Waals surface area contributed by atoms with E-state index in [-0.39, 0.29) is 11.9 Å². The summed E-state index contributed by atoms with van der Waals surface area (Å²) in [6, 6.07) is 6.49. The number of hydrogen-bond donors (Lipinski definition) is 3. The standard InChI is InChI=1S/C30H47FN4O.C2H6/c1-6-23(4)26(20-32-7-2)18-30(36)29-9-8-14-35(24(5)19-33-29)27-12-15-34(16-13-27)21-25-11-10-22(3)17-28(25)31;1-2/h10-11,17-18,20,24,27,29,32-33,36H,4,6-9,12-16,19,21H2,1-3,5H3;1-2H3/b26-20+,30-18+;. The van der Waals surface area contributed by atoms with Crippen molar-refractivity contribution in [2.75, 3.05) is 32.7 Å². The fourth-order valence-corrected chi connectivity index (χ4v) is 5.38. The normalized spacial score (nSPS) is 22.7. The van der Waals surface area contributed by atoms with Gasteiger partial charge in [0.05, 0.1) is 6.04 Å². The zero-order valence-electron chi connectivity index (χ0n) is 24.8. The molecule has 2 aliphatic heterocycles. The minimum atomic E-state index is -0.0873. The molecule has 2 unspecified atom stereocenters. The first-order valence-corrected chi connectivity index (χ1v) is 14.8. The van der Waals surface area contributed by atoms with E-state index in [2.05, 4.69) is 47.8 Å². The highest BCUT2D eigenvalue weighted by Crippen LogP contribution is 2.24. The number of nitrogens with one attached hydrogen (secondary N) is 2. The molecule has 0 bridgehead atoms. The van der Waals surface area contributed by atoms with Crippen molar-refractivity contribution < 1.29 is 9.50 Å². The lowest BCUT2D eigenvalue weighted by Gasteiger charge is -2.43. The van der Waals surface area contributed by atoms with Crippen molar-refractivity contribution in [3.8, 4) is 0 Å². The summed E-state index contributed by atoms with van der Waals surface area (Å²) in [5.74, 6) is 0.307. The van der Waals surface area contributed by atoms with E-state index in [4.69, 9.17) is 0 Å². The van der Waals surface area contributed by atoms with Crippen LogP contribution in [0.5, 0.6) is 0 Å². The quantitative estimate of drug-likeness (QED) is 0.253. The second kappa shape index (κ2) is 16.7. The minimum absolute atomic E-state index is 0.0319. The maximum atomic E-state index is 14.3. The second-order valence-electron chi connectivity index (χ2n) is 10.5. The molecule has 0 aromatic heterocycles. The molecule has 0 radical (unpaired) electrons. The molecule has 0 amide bonds. The molecule has 1 aromatic rings. The number of aliphatic hydroxyl groups excluding tert-OH is 1. The van der Waals surface area contributed by atoms with Crippen LogP contribution in [0.4, 0.5) is 4.39 Å². The molecule has 2 aliphatic rings. The predicted molar refractivity (Wildman–Crippen MR) is 160 cm³/mol. The largest absolute Gasteiger partial charge is 0.511 e. The molecular formula is C32H53FN4O. The first-order chi connectivity index (χ1) is 18.3. The summed E-state index contributed by atoms with van der Waals surface area (Å²) in [7, 11) is 0. The van der Waals surface area contributed by atoms with E-state index in [1.807, 2.05) is 45.2 Å². The van der Waals surface area contributed by atoms with Gasteiger partial charge < -0.3 is 15.7 Å². The van der Waals surface area contributed by atoms with E-state index in [9.17, 15) is 9.50 Å². The van der Waals surface area contributed by atoms with Crippen molar-refractivity contribution in [1.29, 1.82) is 0 Å². The van der Waals surface area contributed by atoms with E-state index in [1.54, 1.807) is 6.07 Å². The summed E-state index contributed by atoms with van der Waals surface area (Å²) in [6.07, 6.45) is 8.86. The van der Waals surface area contributed by atoms with Gasteiger partial charge in [-0.1, -0.05) is 39.5 Å². The van der Waals surface area contributed by atoms with Crippen LogP contribution in [-0.2, 0) is 6.54 Å². The minimum Gasteiger partial charge on any atom is -0.511 e. The van der Waals surface area contributed by atoms with Gasteiger partial charge in [-0.2, -0.15) is 0 Å². The maximum absolute atomic E-state index is 14.3. The number of rotatable bonds is 9. The topological polar surface area (TPSA) is 50.8 Å². The van der Waals surface area contributed by atoms with Crippen molar-refractivity contribution in [3.63, 3.8) is 0 Å². The maximum Gasteiger partial charge on any atom is 0.127 e. The number of likely N-dealkylation sites (tertiary alicyclic amines) is 1. The van der Waals surface area contributed by atoms with Crippen LogP contribution in [0.2, 0.25) is 0 Å². The van der Waals surface area contributed by atoms with Crippen molar-refractivity contribution >= 4 is 0 Å². The highest BCUT2D eigenvalue weighted by molar-refractivity contribution is 5.39. The summed E-state index contributed by atoms with van der Waals surface area (Å²) >= 11 is 0. The molecule has 0 saturated carbocycles. The number of halogens is 1. The van der Waals surface area contributed by atoms with E-state index in [0.29, 0.717) is 24.4 Å². The molecule has 6 heteroatoms. The van der Waals surface area contributed by atoms with Crippen LogP contribution in [0.15, 0.2) is 54.0 Å². The molecule has 1 aromatic carbocycles. The Kier molecular flexibility index (Phi) is 14.1. The number of hydrogen-bond acceptors (Lipinski definition) is 5. The van der Waals surface area contributed by atoms with Crippen LogP contribution in [-0.4, -0.2) is 65.8 Å². The smallest absolute Gasteiger partial charge is 0.127 e. The van der Waals surface area contributed by atoms with Crippen LogP contribution in [0.3, 0.4) is 0 Å². The van der Waals surface area contributed by atoms with E-state index >= 15 is 0 Å². The molecule has 38 heavy (non-hydrogen) atoms. The number of aliphatic hydroxyl groups is 1. The Hall–Kier alpha value is -2.15. The summed E-state index contributed by atoms with van der Waals surface area (Å²) in [5, 5.41) is 17.8. The Labute approximate surface area is 231 Å². The van der Waals surface area contributed by atoms with Crippen LogP contribution in [0.25, 0.3) is 0 Å². The van der Waals surface area contributed by atoms with E-state index in [1.165, 1.54) is 0 Å². The molecule has 0 spiro atoms. The van der Waals surface area contributed by atoms with Gasteiger partial charge in [-0.05, 0) is 101 Å².